The Kier molecular flexibility index (Phi) is 3.42. The van der Waals surface area contributed by atoms with E-state index in [9.17, 15) is 12.6 Å². The minimum atomic E-state index is -3.92. The van der Waals surface area contributed by atoms with Crippen molar-refractivity contribution >= 4 is 29.6 Å². The fourth-order valence-corrected chi connectivity index (χ4v) is 3.82. The molecule has 0 bridgehead atoms. The first-order valence-corrected chi connectivity index (χ1v) is 8.14. The molecule has 0 amide bonds. The number of rotatable bonds is 2. The summed E-state index contributed by atoms with van der Waals surface area (Å²) in [7, 11) is -1.82. The quantitative estimate of drug-likeness (QED) is 0.769. The third kappa shape index (κ3) is 3.81. The van der Waals surface area contributed by atoms with Crippen LogP contribution in [0.25, 0.3) is 0 Å². The van der Waals surface area contributed by atoms with E-state index in [1.807, 2.05) is 6.92 Å². The summed E-state index contributed by atoms with van der Waals surface area (Å²) < 4.78 is 37.2. The molecule has 84 valence electrons. The molecule has 0 aliphatic rings. The highest BCUT2D eigenvalue weighted by atomic mass is 35.7. The summed E-state index contributed by atoms with van der Waals surface area (Å²) in [6, 6.07) is 6.06. The average Bonchev–Trinajstić information content (AvgIpc) is 2.00. The summed E-state index contributed by atoms with van der Waals surface area (Å²) in [5.74, 6) is 0. The van der Waals surface area contributed by atoms with E-state index in [0.717, 1.165) is 11.8 Å². The maximum Gasteiger partial charge on any atom is 0.291 e. The monoisotopic (exact) mass is 267 g/mol. The highest BCUT2D eigenvalue weighted by Crippen LogP contribution is 2.15. The standard InChI is InChI=1S/C8H10ClNO3S2/c1-7-3-5-8(6-4-7)15(12,13)10-14(2,9)11/h3-6H,1-2H3. The van der Waals surface area contributed by atoms with Crippen LogP contribution in [0.3, 0.4) is 0 Å². The van der Waals surface area contributed by atoms with Gasteiger partial charge in [-0.15, -0.1) is 0 Å². The van der Waals surface area contributed by atoms with E-state index in [-0.39, 0.29) is 4.90 Å². The van der Waals surface area contributed by atoms with Gasteiger partial charge in [-0.05, 0) is 29.7 Å². The zero-order valence-electron chi connectivity index (χ0n) is 8.18. The molecule has 0 fully saturated rings. The molecule has 0 spiro atoms. The molecule has 1 aromatic carbocycles. The zero-order chi connectivity index (χ0) is 11.7. The first-order valence-electron chi connectivity index (χ1n) is 3.95. The molecule has 0 heterocycles. The molecule has 0 aromatic heterocycles. The number of hydrogen-bond donors (Lipinski definition) is 0. The van der Waals surface area contributed by atoms with E-state index in [2.05, 4.69) is 3.77 Å². The Labute approximate surface area is 94.0 Å². The number of benzene rings is 1. The van der Waals surface area contributed by atoms with Gasteiger partial charge in [0.15, 0.2) is 0 Å². The van der Waals surface area contributed by atoms with Gasteiger partial charge < -0.3 is 0 Å². The van der Waals surface area contributed by atoms with E-state index in [4.69, 9.17) is 10.7 Å². The molecule has 15 heavy (non-hydrogen) atoms. The fraction of sp³-hybridized carbons (Fsp3) is 0.250. The van der Waals surface area contributed by atoms with Crippen LogP contribution in [0.4, 0.5) is 0 Å². The zero-order valence-corrected chi connectivity index (χ0v) is 10.6. The normalized spacial score (nSPS) is 15.7. The Hall–Kier alpha value is -0.590. The van der Waals surface area contributed by atoms with E-state index in [1.54, 1.807) is 12.1 Å². The maximum absolute atomic E-state index is 11.5. The molecule has 0 saturated carbocycles. The second-order valence-electron chi connectivity index (χ2n) is 3.07. The number of halogens is 1. The lowest BCUT2D eigenvalue weighted by atomic mass is 10.2. The van der Waals surface area contributed by atoms with Gasteiger partial charge in [0.2, 0.25) is 0 Å². The van der Waals surface area contributed by atoms with Crippen LogP contribution < -0.4 is 0 Å². The molecule has 0 N–H and O–H groups in total. The van der Waals surface area contributed by atoms with Gasteiger partial charge in [0, 0.05) is 6.26 Å². The van der Waals surface area contributed by atoms with Gasteiger partial charge in [0.25, 0.3) is 10.0 Å². The van der Waals surface area contributed by atoms with Crippen LogP contribution >= 0.6 is 10.7 Å². The van der Waals surface area contributed by atoms with E-state index in [0.29, 0.717) is 0 Å². The molecule has 0 saturated heterocycles. The van der Waals surface area contributed by atoms with Gasteiger partial charge in [-0.1, -0.05) is 21.5 Å². The lowest BCUT2D eigenvalue weighted by molar-refractivity contribution is 0.598. The number of nitrogens with zero attached hydrogens (tertiary/aromatic N) is 1. The van der Waals surface area contributed by atoms with Crippen LogP contribution in [0.15, 0.2) is 32.9 Å². The Morgan fingerprint density at radius 1 is 1.13 bits per heavy atom. The molecular formula is C8H10ClNO3S2. The van der Waals surface area contributed by atoms with Gasteiger partial charge in [0.05, 0.1) is 4.90 Å². The van der Waals surface area contributed by atoms with E-state index >= 15 is 0 Å². The summed E-state index contributed by atoms with van der Waals surface area (Å²) in [5, 5.41) is 0. The third-order valence-electron chi connectivity index (χ3n) is 1.55. The largest absolute Gasteiger partial charge is 0.291 e. The van der Waals surface area contributed by atoms with Gasteiger partial charge in [-0.3, -0.25) is 0 Å². The van der Waals surface area contributed by atoms with Gasteiger partial charge in [0.1, 0.15) is 8.94 Å². The molecule has 1 rings (SSSR count). The molecule has 4 nitrogen and oxygen atoms in total. The second kappa shape index (κ2) is 4.11. The first-order chi connectivity index (χ1) is 6.71. The Morgan fingerprint density at radius 2 is 1.60 bits per heavy atom. The summed E-state index contributed by atoms with van der Waals surface area (Å²) in [5.41, 5.74) is 0.928. The molecule has 1 unspecified atom stereocenters. The van der Waals surface area contributed by atoms with Gasteiger partial charge >= 0.3 is 0 Å². The number of hydrogen-bond acceptors (Lipinski definition) is 3. The fourth-order valence-electron chi connectivity index (χ4n) is 0.929. The molecule has 7 heteroatoms. The number of sulfonamides is 1. The topological polar surface area (TPSA) is 63.6 Å². The smallest absolute Gasteiger partial charge is 0.233 e. The van der Waals surface area contributed by atoms with Crippen molar-refractivity contribution in [3.8, 4) is 0 Å². The molecule has 1 atom stereocenters. The van der Waals surface area contributed by atoms with Crippen molar-refractivity contribution in [2.75, 3.05) is 6.26 Å². The number of aryl methyl sites for hydroxylation is 1. The van der Waals surface area contributed by atoms with Crippen LogP contribution in [0.1, 0.15) is 5.56 Å². The van der Waals surface area contributed by atoms with Gasteiger partial charge in [-0.25, -0.2) is 4.21 Å². The summed E-state index contributed by atoms with van der Waals surface area (Å²) in [6.45, 7) is 1.83. The van der Waals surface area contributed by atoms with Crippen molar-refractivity contribution in [1.82, 2.24) is 0 Å². The van der Waals surface area contributed by atoms with Crippen molar-refractivity contribution in [2.45, 2.75) is 11.8 Å². The average molecular weight is 268 g/mol. The van der Waals surface area contributed by atoms with Crippen LogP contribution in [0.2, 0.25) is 0 Å². The second-order valence-corrected chi connectivity index (χ2v) is 8.23. The van der Waals surface area contributed by atoms with Crippen molar-refractivity contribution in [1.29, 1.82) is 0 Å². The maximum atomic E-state index is 11.5. The highest BCUT2D eigenvalue weighted by molar-refractivity contribution is 8.18. The minimum Gasteiger partial charge on any atom is -0.233 e. The minimum absolute atomic E-state index is 0.0108. The molecular weight excluding hydrogens is 258 g/mol. The van der Waals surface area contributed by atoms with Crippen LogP contribution in [-0.2, 0) is 19.0 Å². The Bertz CT molecular complexity index is 560. The van der Waals surface area contributed by atoms with Crippen molar-refractivity contribution in [3.05, 3.63) is 29.8 Å². The van der Waals surface area contributed by atoms with Crippen molar-refractivity contribution in [3.63, 3.8) is 0 Å². The van der Waals surface area contributed by atoms with Crippen molar-refractivity contribution in [2.24, 2.45) is 3.77 Å². The van der Waals surface area contributed by atoms with Crippen molar-refractivity contribution < 1.29 is 12.6 Å². The Balaban J connectivity index is 3.31. The highest BCUT2D eigenvalue weighted by Gasteiger charge is 2.14. The van der Waals surface area contributed by atoms with Crippen LogP contribution in [-0.4, -0.2) is 18.9 Å². The van der Waals surface area contributed by atoms with Crippen LogP contribution in [0.5, 0.6) is 0 Å². The molecule has 0 radical (unpaired) electrons. The molecule has 0 aliphatic carbocycles. The predicted octanol–water partition coefficient (Wildman–Crippen LogP) is 1.94. The molecule has 1 aromatic rings. The third-order valence-corrected chi connectivity index (χ3v) is 4.78. The predicted molar refractivity (Wildman–Crippen MR) is 60.7 cm³/mol. The van der Waals surface area contributed by atoms with Gasteiger partial charge in [-0.2, -0.15) is 8.42 Å². The lowest BCUT2D eigenvalue weighted by Gasteiger charge is -1.99. The summed E-state index contributed by atoms with van der Waals surface area (Å²) >= 11 is 0. The van der Waals surface area contributed by atoms with E-state index < -0.39 is 19.0 Å². The summed E-state index contributed by atoms with van der Waals surface area (Å²) in [6.07, 6.45) is 1.06. The lowest BCUT2D eigenvalue weighted by Crippen LogP contribution is -1.99. The van der Waals surface area contributed by atoms with E-state index in [1.165, 1.54) is 12.1 Å². The first kappa shape index (κ1) is 12.5. The summed E-state index contributed by atoms with van der Waals surface area (Å²) in [4.78, 5) is -0.0108. The SMILES string of the molecule is Cc1ccc(S(=O)(=O)N=S(C)(=O)Cl)cc1. The van der Waals surface area contributed by atoms with Crippen LogP contribution in [0, 0.1) is 6.92 Å². The Morgan fingerprint density at radius 3 is 2.00 bits per heavy atom. The molecule has 0 aliphatic heterocycles.